The zero-order valence-electron chi connectivity index (χ0n) is 18.0. The van der Waals surface area contributed by atoms with Gasteiger partial charge in [0, 0.05) is 13.1 Å². The van der Waals surface area contributed by atoms with Crippen LogP contribution in [0.25, 0.3) is 0 Å². The molecule has 0 bridgehead atoms. The Kier molecular flexibility index (Phi) is 7.43. The van der Waals surface area contributed by atoms with Crippen LogP contribution >= 0.6 is 0 Å². The highest BCUT2D eigenvalue weighted by Crippen LogP contribution is 2.31. The lowest BCUT2D eigenvalue weighted by Crippen LogP contribution is -2.63. The number of carbonyl (C=O) groups excluding carboxylic acids is 2. The molecule has 0 radical (unpaired) electrons. The van der Waals surface area contributed by atoms with Crippen LogP contribution in [0.1, 0.15) is 17.5 Å². The van der Waals surface area contributed by atoms with Crippen molar-refractivity contribution in [2.24, 2.45) is 0 Å². The number of hydrogen-bond donors (Lipinski definition) is 2. The number of hydrogen-bond acceptors (Lipinski definition) is 9. The van der Waals surface area contributed by atoms with Gasteiger partial charge in [-0.25, -0.2) is 9.59 Å². The molecular weight excluding hydrogens is 430 g/mol. The van der Waals surface area contributed by atoms with Crippen LogP contribution in [-0.4, -0.2) is 71.0 Å². The van der Waals surface area contributed by atoms with Crippen LogP contribution in [0.15, 0.2) is 60.7 Å². The fraction of sp³-hybridized carbons (Fsp3) is 0.417. The fourth-order valence-electron chi connectivity index (χ4n) is 4.25. The van der Waals surface area contributed by atoms with Crippen LogP contribution in [0.3, 0.4) is 0 Å². The topological polar surface area (TPSA) is 115 Å². The van der Waals surface area contributed by atoms with Crippen molar-refractivity contribution in [3.8, 4) is 0 Å². The quantitative estimate of drug-likeness (QED) is 0.630. The van der Waals surface area contributed by atoms with E-state index in [1.807, 2.05) is 53.4 Å². The molecule has 2 aliphatic heterocycles. The Morgan fingerprint density at radius 2 is 1.39 bits per heavy atom. The van der Waals surface area contributed by atoms with Crippen molar-refractivity contribution in [2.75, 3.05) is 13.1 Å². The summed E-state index contributed by atoms with van der Waals surface area (Å²) < 4.78 is 21.1. The molecule has 2 aromatic carbocycles. The number of nitrogens with zero attached hydrogens (tertiary/aromatic N) is 1. The normalized spacial score (nSPS) is 26.8. The smallest absolute Gasteiger partial charge is 0.429 e. The molecular formula is C24H27NO8. The first kappa shape index (κ1) is 23.0. The van der Waals surface area contributed by atoms with Gasteiger partial charge in [0.05, 0.1) is 12.1 Å². The number of rotatable bonds is 6. The molecule has 0 amide bonds. The van der Waals surface area contributed by atoms with E-state index in [2.05, 4.69) is 0 Å². The highest BCUT2D eigenvalue weighted by Gasteiger charge is 2.52. The van der Waals surface area contributed by atoms with Crippen molar-refractivity contribution in [2.45, 2.75) is 50.1 Å². The second-order valence-corrected chi connectivity index (χ2v) is 8.12. The van der Waals surface area contributed by atoms with E-state index in [9.17, 15) is 19.8 Å². The number of fused-ring (bicyclic) bond motifs is 1. The van der Waals surface area contributed by atoms with Crippen LogP contribution in [0, 0.1) is 0 Å². The lowest BCUT2D eigenvalue weighted by molar-refractivity contribution is -0.158. The summed E-state index contributed by atoms with van der Waals surface area (Å²) in [5.74, 6) is 0. The zero-order chi connectivity index (χ0) is 23.2. The van der Waals surface area contributed by atoms with E-state index in [0.29, 0.717) is 13.0 Å². The number of ether oxygens (including phenoxy) is 4. The van der Waals surface area contributed by atoms with Crippen molar-refractivity contribution in [3.05, 3.63) is 71.8 Å². The van der Waals surface area contributed by atoms with Crippen LogP contribution < -0.4 is 0 Å². The van der Waals surface area contributed by atoms with Gasteiger partial charge < -0.3 is 29.2 Å². The van der Waals surface area contributed by atoms with E-state index >= 15 is 0 Å². The molecule has 33 heavy (non-hydrogen) atoms. The largest absolute Gasteiger partial charge is 0.509 e. The van der Waals surface area contributed by atoms with Crippen molar-refractivity contribution >= 4 is 12.3 Å². The van der Waals surface area contributed by atoms with Crippen molar-refractivity contribution < 1.29 is 38.7 Å². The first-order chi connectivity index (χ1) is 16.0. The molecule has 2 N–H and O–H groups in total. The minimum absolute atomic E-state index is 0.00862. The van der Waals surface area contributed by atoms with Crippen LogP contribution in [0.5, 0.6) is 0 Å². The maximum Gasteiger partial charge on any atom is 0.509 e. The molecule has 2 saturated heterocycles. The molecule has 176 valence electrons. The van der Waals surface area contributed by atoms with E-state index in [1.165, 1.54) is 0 Å². The second kappa shape index (κ2) is 10.7. The summed E-state index contributed by atoms with van der Waals surface area (Å²) in [6.07, 6.45) is -5.75. The maximum atomic E-state index is 12.3. The average Bonchev–Trinajstić information content (AvgIpc) is 3.20. The summed E-state index contributed by atoms with van der Waals surface area (Å²) in [5.41, 5.74) is 1.56. The van der Waals surface area contributed by atoms with Gasteiger partial charge in [-0.2, -0.15) is 0 Å². The van der Waals surface area contributed by atoms with E-state index < -0.39 is 42.8 Å². The predicted molar refractivity (Wildman–Crippen MR) is 115 cm³/mol. The summed E-state index contributed by atoms with van der Waals surface area (Å²) in [6.45, 7) is 0.707. The van der Waals surface area contributed by atoms with Crippen molar-refractivity contribution in [1.82, 2.24) is 4.90 Å². The van der Waals surface area contributed by atoms with Gasteiger partial charge in [0.2, 0.25) is 0 Å². The van der Waals surface area contributed by atoms with Gasteiger partial charge in [0.15, 0.2) is 12.2 Å². The van der Waals surface area contributed by atoms with Gasteiger partial charge in [0.25, 0.3) is 0 Å². The number of carbonyl (C=O) groups is 2. The third-order valence-corrected chi connectivity index (χ3v) is 5.87. The molecule has 4 rings (SSSR count). The minimum Gasteiger partial charge on any atom is -0.429 e. The van der Waals surface area contributed by atoms with Gasteiger partial charge in [0.1, 0.15) is 19.3 Å². The van der Waals surface area contributed by atoms with Gasteiger partial charge in [-0.1, -0.05) is 60.7 Å². The van der Waals surface area contributed by atoms with E-state index in [4.69, 9.17) is 18.9 Å². The van der Waals surface area contributed by atoms with Crippen molar-refractivity contribution in [3.63, 3.8) is 0 Å². The molecule has 9 heteroatoms. The summed E-state index contributed by atoms with van der Waals surface area (Å²) in [6, 6.07) is 17.6. The number of piperidine rings is 1. The van der Waals surface area contributed by atoms with E-state index in [1.54, 1.807) is 12.1 Å². The van der Waals surface area contributed by atoms with Crippen LogP contribution in [0.2, 0.25) is 0 Å². The molecule has 2 aliphatic rings. The van der Waals surface area contributed by atoms with Crippen LogP contribution in [0.4, 0.5) is 9.59 Å². The Morgan fingerprint density at radius 3 is 1.97 bits per heavy atom. The third-order valence-electron chi connectivity index (χ3n) is 5.87. The summed E-state index contributed by atoms with van der Waals surface area (Å²) in [5, 5.41) is 21.1. The Bertz CT molecular complexity index is 925. The van der Waals surface area contributed by atoms with Gasteiger partial charge >= 0.3 is 12.3 Å². The highest BCUT2D eigenvalue weighted by atomic mass is 16.8. The predicted octanol–water partition coefficient (Wildman–Crippen LogP) is 2.24. The average molecular weight is 457 g/mol. The van der Waals surface area contributed by atoms with Crippen molar-refractivity contribution in [1.29, 1.82) is 0 Å². The monoisotopic (exact) mass is 457 g/mol. The molecule has 2 aromatic rings. The molecule has 5 atom stereocenters. The first-order valence-corrected chi connectivity index (χ1v) is 10.9. The number of aliphatic hydroxyl groups is 2. The Balaban J connectivity index is 1.39. The van der Waals surface area contributed by atoms with E-state index in [-0.39, 0.29) is 19.8 Å². The Hall–Kier alpha value is -3.14. The van der Waals surface area contributed by atoms with Crippen LogP contribution in [-0.2, 0) is 32.2 Å². The van der Waals surface area contributed by atoms with E-state index in [0.717, 1.165) is 11.1 Å². The standard InChI is InChI=1S/C24H27NO8/c26-18-11-12-25-13-19(32-23(28)30-14-16-7-3-1-4-8-16)22(21(27)20(18)25)33-24(29)31-15-17-9-5-2-6-10-17/h1-10,18-22,26-27H,11-15H2/t18-,19-,20+,21+,22+/m0/s1. The summed E-state index contributed by atoms with van der Waals surface area (Å²) in [4.78, 5) is 26.5. The summed E-state index contributed by atoms with van der Waals surface area (Å²) in [7, 11) is 0. The zero-order valence-corrected chi connectivity index (χ0v) is 18.0. The Labute approximate surface area is 191 Å². The molecule has 0 unspecified atom stereocenters. The first-order valence-electron chi connectivity index (χ1n) is 10.9. The SMILES string of the molecule is O=C(OCc1ccccc1)O[C@H]1[C@H](O)[C@H]2[C@@H](O)CCN2C[C@@H]1OC(=O)OCc1ccccc1. The second-order valence-electron chi connectivity index (χ2n) is 8.12. The fourth-order valence-corrected chi connectivity index (χ4v) is 4.25. The number of benzene rings is 2. The Morgan fingerprint density at radius 1 is 0.848 bits per heavy atom. The van der Waals surface area contributed by atoms with Gasteiger partial charge in [-0.15, -0.1) is 0 Å². The molecule has 0 spiro atoms. The highest BCUT2D eigenvalue weighted by molar-refractivity contribution is 5.61. The lowest BCUT2D eigenvalue weighted by atomic mass is 9.92. The maximum absolute atomic E-state index is 12.3. The molecule has 2 fully saturated rings. The summed E-state index contributed by atoms with van der Waals surface area (Å²) >= 11 is 0. The molecule has 0 saturated carbocycles. The molecule has 9 nitrogen and oxygen atoms in total. The lowest BCUT2D eigenvalue weighted by Gasteiger charge is -2.43. The van der Waals surface area contributed by atoms with Gasteiger partial charge in [-0.05, 0) is 17.5 Å². The molecule has 0 aliphatic carbocycles. The molecule has 0 aromatic heterocycles. The molecule has 2 heterocycles. The number of aliphatic hydroxyl groups excluding tert-OH is 2. The minimum atomic E-state index is -1.27. The van der Waals surface area contributed by atoms with Gasteiger partial charge in [-0.3, -0.25) is 4.90 Å². The third kappa shape index (κ3) is 5.81.